The SMILES string of the molecule is CNCC1(c2nccc3ccccc23)CCC1. The summed E-state index contributed by atoms with van der Waals surface area (Å²) in [6.07, 6.45) is 5.80. The van der Waals surface area contributed by atoms with Gasteiger partial charge in [-0.3, -0.25) is 4.98 Å². The van der Waals surface area contributed by atoms with E-state index in [4.69, 9.17) is 0 Å². The molecule has 0 unspecified atom stereocenters. The van der Waals surface area contributed by atoms with Crippen molar-refractivity contribution < 1.29 is 0 Å². The molecule has 1 aliphatic rings. The maximum absolute atomic E-state index is 4.68. The lowest BCUT2D eigenvalue weighted by Gasteiger charge is -2.42. The first kappa shape index (κ1) is 10.7. The van der Waals surface area contributed by atoms with Crippen molar-refractivity contribution in [3.05, 3.63) is 42.2 Å². The molecular formula is C15H18N2. The molecule has 1 saturated carbocycles. The molecule has 0 saturated heterocycles. The number of hydrogen-bond acceptors (Lipinski definition) is 2. The molecule has 17 heavy (non-hydrogen) atoms. The number of rotatable bonds is 3. The van der Waals surface area contributed by atoms with Gasteiger partial charge in [-0.25, -0.2) is 0 Å². The number of nitrogens with zero attached hydrogens (tertiary/aromatic N) is 1. The highest BCUT2D eigenvalue weighted by atomic mass is 14.9. The van der Waals surface area contributed by atoms with Gasteiger partial charge in [0, 0.05) is 23.5 Å². The largest absolute Gasteiger partial charge is 0.319 e. The van der Waals surface area contributed by atoms with Crippen molar-refractivity contribution in [2.75, 3.05) is 13.6 Å². The third-order valence-electron chi connectivity index (χ3n) is 4.00. The highest BCUT2D eigenvalue weighted by Gasteiger charge is 2.40. The zero-order chi connectivity index (χ0) is 11.7. The highest BCUT2D eigenvalue weighted by molar-refractivity contribution is 5.85. The normalized spacial score (nSPS) is 17.9. The maximum Gasteiger partial charge on any atom is 0.0556 e. The molecule has 0 atom stereocenters. The van der Waals surface area contributed by atoms with Crippen molar-refractivity contribution >= 4 is 10.8 Å². The van der Waals surface area contributed by atoms with Crippen molar-refractivity contribution in [1.82, 2.24) is 10.3 Å². The number of hydrogen-bond donors (Lipinski definition) is 1. The summed E-state index contributed by atoms with van der Waals surface area (Å²) in [6, 6.07) is 10.7. The van der Waals surface area contributed by atoms with Crippen LogP contribution in [0, 0.1) is 0 Å². The van der Waals surface area contributed by atoms with Crippen LogP contribution in [0.1, 0.15) is 25.0 Å². The first-order valence-corrected chi connectivity index (χ1v) is 6.35. The Kier molecular flexibility index (Phi) is 2.60. The van der Waals surface area contributed by atoms with Crippen molar-refractivity contribution in [2.24, 2.45) is 0 Å². The summed E-state index contributed by atoms with van der Waals surface area (Å²) in [7, 11) is 2.03. The zero-order valence-electron chi connectivity index (χ0n) is 10.2. The van der Waals surface area contributed by atoms with E-state index in [1.165, 1.54) is 35.7 Å². The van der Waals surface area contributed by atoms with Crippen LogP contribution in [0.15, 0.2) is 36.5 Å². The average Bonchev–Trinajstić information content (AvgIpc) is 2.33. The second kappa shape index (κ2) is 4.11. The molecule has 3 rings (SSSR count). The van der Waals surface area contributed by atoms with Crippen LogP contribution >= 0.6 is 0 Å². The van der Waals surface area contributed by atoms with Gasteiger partial charge in [-0.1, -0.05) is 30.7 Å². The van der Waals surface area contributed by atoms with E-state index >= 15 is 0 Å². The van der Waals surface area contributed by atoms with Gasteiger partial charge in [-0.05, 0) is 31.3 Å². The molecule has 1 fully saturated rings. The number of aromatic nitrogens is 1. The molecule has 0 bridgehead atoms. The molecular weight excluding hydrogens is 208 g/mol. The van der Waals surface area contributed by atoms with Gasteiger partial charge in [0.25, 0.3) is 0 Å². The predicted molar refractivity (Wildman–Crippen MR) is 71.2 cm³/mol. The van der Waals surface area contributed by atoms with E-state index in [9.17, 15) is 0 Å². The van der Waals surface area contributed by atoms with Crippen LogP contribution in [0.3, 0.4) is 0 Å². The standard InChI is InChI=1S/C15H18N2/c1-16-11-15(8-4-9-15)14-13-6-3-2-5-12(13)7-10-17-14/h2-3,5-7,10,16H,4,8-9,11H2,1H3. The Balaban J connectivity index is 2.16. The van der Waals surface area contributed by atoms with E-state index in [2.05, 4.69) is 40.6 Å². The molecule has 1 heterocycles. The highest BCUT2D eigenvalue weighted by Crippen LogP contribution is 2.44. The zero-order valence-corrected chi connectivity index (χ0v) is 10.2. The van der Waals surface area contributed by atoms with E-state index in [1.807, 2.05) is 13.2 Å². The minimum absolute atomic E-state index is 0.273. The lowest BCUT2D eigenvalue weighted by Crippen LogP contribution is -2.43. The molecule has 0 aliphatic heterocycles. The maximum atomic E-state index is 4.68. The van der Waals surface area contributed by atoms with E-state index < -0.39 is 0 Å². The number of benzene rings is 1. The van der Waals surface area contributed by atoms with Crippen LogP contribution in [0.4, 0.5) is 0 Å². The smallest absolute Gasteiger partial charge is 0.0556 e. The Morgan fingerprint density at radius 3 is 2.76 bits per heavy atom. The Hall–Kier alpha value is -1.41. The van der Waals surface area contributed by atoms with E-state index in [0.717, 1.165) is 6.54 Å². The van der Waals surface area contributed by atoms with Crippen molar-refractivity contribution in [3.63, 3.8) is 0 Å². The fourth-order valence-electron chi connectivity index (χ4n) is 2.98. The van der Waals surface area contributed by atoms with E-state index in [1.54, 1.807) is 0 Å². The molecule has 0 amide bonds. The summed E-state index contributed by atoms with van der Waals surface area (Å²) in [6.45, 7) is 1.04. The molecule has 2 heteroatoms. The quantitative estimate of drug-likeness (QED) is 0.870. The fraction of sp³-hybridized carbons (Fsp3) is 0.400. The third-order valence-corrected chi connectivity index (χ3v) is 4.00. The molecule has 0 spiro atoms. The summed E-state index contributed by atoms with van der Waals surface area (Å²) >= 11 is 0. The summed E-state index contributed by atoms with van der Waals surface area (Å²) in [5.74, 6) is 0. The van der Waals surface area contributed by atoms with Crippen LogP contribution in [-0.4, -0.2) is 18.6 Å². The monoisotopic (exact) mass is 226 g/mol. The second-order valence-electron chi connectivity index (χ2n) is 5.04. The third kappa shape index (κ3) is 1.64. The Morgan fingerprint density at radius 1 is 1.24 bits per heavy atom. The molecule has 2 aromatic rings. The van der Waals surface area contributed by atoms with Crippen molar-refractivity contribution in [3.8, 4) is 0 Å². The lowest BCUT2D eigenvalue weighted by molar-refractivity contribution is 0.234. The Bertz CT molecular complexity index is 524. The summed E-state index contributed by atoms with van der Waals surface area (Å²) in [4.78, 5) is 4.68. The number of fused-ring (bicyclic) bond motifs is 1. The minimum atomic E-state index is 0.273. The van der Waals surface area contributed by atoms with Crippen LogP contribution in [0.5, 0.6) is 0 Å². The first-order valence-electron chi connectivity index (χ1n) is 6.35. The average molecular weight is 226 g/mol. The van der Waals surface area contributed by atoms with Gasteiger partial charge < -0.3 is 5.32 Å². The van der Waals surface area contributed by atoms with Crippen LogP contribution in [0.2, 0.25) is 0 Å². The first-order chi connectivity index (χ1) is 8.36. The Morgan fingerprint density at radius 2 is 2.06 bits per heavy atom. The molecule has 0 radical (unpaired) electrons. The van der Waals surface area contributed by atoms with Gasteiger partial charge in [-0.15, -0.1) is 0 Å². The van der Waals surface area contributed by atoms with Gasteiger partial charge in [-0.2, -0.15) is 0 Å². The minimum Gasteiger partial charge on any atom is -0.319 e. The van der Waals surface area contributed by atoms with Gasteiger partial charge in [0.2, 0.25) is 0 Å². The van der Waals surface area contributed by atoms with Crippen molar-refractivity contribution in [1.29, 1.82) is 0 Å². The lowest BCUT2D eigenvalue weighted by atomic mass is 9.65. The second-order valence-corrected chi connectivity index (χ2v) is 5.04. The van der Waals surface area contributed by atoms with Gasteiger partial charge in [0.05, 0.1) is 5.69 Å². The topological polar surface area (TPSA) is 24.9 Å². The van der Waals surface area contributed by atoms with Crippen LogP contribution in [-0.2, 0) is 5.41 Å². The molecule has 1 N–H and O–H groups in total. The predicted octanol–water partition coefficient (Wildman–Crippen LogP) is 2.88. The number of nitrogens with one attached hydrogen (secondary N) is 1. The number of pyridine rings is 1. The van der Waals surface area contributed by atoms with Crippen LogP contribution in [0.25, 0.3) is 10.8 Å². The van der Waals surface area contributed by atoms with Crippen LogP contribution < -0.4 is 5.32 Å². The fourth-order valence-corrected chi connectivity index (χ4v) is 2.98. The molecule has 2 nitrogen and oxygen atoms in total. The van der Waals surface area contributed by atoms with Gasteiger partial charge in [0.15, 0.2) is 0 Å². The van der Waals surface area contributed by atoms with E-state index in [0.29, 0.717) is 0 Å². The van der Waals surface area contributed by atoms with Crippen molar-refractivity contribution in [2.45, 2.75) is 24.7 Å². The number of likely N-dealkylation sites (N-methyl/N-ethyl adjacent to an activating group) is 1. The molecule has 88 valence electrons. The summed E-state index contributed by atoms with van der Waals surface area (Å²) in [5.41, 5.74) is 1.56. The summed E-state index contributed by atoms with van der Waals surface area (Å²) < 4.78 is 0. The van der Waals surface area contributed by atoms with Gasteiger partial charge in [0.1, 0.15) is 0 Å². The molecule has 1 aliphatic carbocycles. The Labute approximate surface area is 102 Å². The molecule has 1 aromatic heterocycles. The van der Waals surface area contributed by atoms with E-state index in [-0.39, 0.29) is 5.41 Å². The molecule has 1 aromatic carbocycles. The summed E-state index contributed by atoms with van der Waals surface area (Å²) in [5, 5.41) is 5.96. The van der Waals surface area contributed by atoms with Gasteiger partial charge >= 0.3 is 0 Å².